The highest BCUT2D eigenvalue weighted by atomic mass is 19.1. The molecule has 0 aliphatic carbocycles. The van der Waals surface area contributed by atoms with Crippen LogP contribution in [0.2, 0.25) is 0 Å². The van der Waals surface area contributed by atoms with Gasteiger partial charge in [0, 0.05) is 18.5 Å². The number of rotatable bonds is 8. The van der Waals surface area contributed by atoms with Crippen LogP contribution >= 0.6 is 0 Å². The number of hydrogen-bond acceptors (Lipinski definition) is 2. The van der Waals surface area contributed by atoms with Crippen molar-refractivity contribution in [2.75, 3.05) is 0 Å². The Labute approximate surface area is 208 Å². The van der Waals surface area contributed by atoms with E-state index in [0.717, 1.165) is 27.8 Å². The number of carbonyl (C=O) groups excluding carboxylic acids is 2. The molecule has 0 bridgehead atoms. The Kier molecular flexibility index (Phi) is 8.44. The summed E-state index contributed by atoms with van der Waals surface area (Å²) < 4.78 is 13.6. The summed E-state index contributed by atoms with van der Waals surface area (Å²) in [4.78, 5) is 29.0. The fourth-order valence-electron chi connectivity index (χ4n) is 4.24. The first-order valence-electron chi connectivity index (χ1n) is 12.0. The second-order valence-corrected chi connectivity index (χ2v) is 10.3. The molecular formula is C30H35FN2O2. The molecule has 3 aromatic rings. The molecule has 0 aliphatic heterocycles. The average molecular weight is 475 g/mol. The number of carbonyl (C=O) groups is 2. The summed E-state index contributed by atoms with van der Waals surface area (Å²) in [5.74, 6) is -0.699. The Bertz CT molecular complexity index is 1130. The minimum atomic E-state index is -0.722. The third-order valence-electron chi connectivity index (χ3n) is 5.67. The minimum absolute atomic E-state index is 0.149. The highest BCUT2D eigenvalue weighted by Crippen LogP contribution is 2.19. The standard InChI is InChI=1S/C30H35FN2O2/c1-21-15-22(2)17-25(16-21)19-28(34)33(20-24-11-13-26(31)14-12-24)27(29(35)32-30(3,4)5)18-23-9-7-6-8-10-23/h6-17,27H,18-20H2,1-5H3,(H,32,35). The van der Waals surface area contributed by atoms with Crippen LogP contribution < -0.4 is 5.32 Å². The molecule has 35 heavy (non-hydrogen) atoms. The number of amides is 2. The monoisotopic (exact) mass is 474 g/mol. The largest absolute Gasteiger partial charge is 0.350 e. The van der Waals surface area contributed by atoms with Crippen LogP contribution in [0, 0.1) is 19.7 Å². The summed E-state index contributed by atoms with van der Waals surface area (Å²) in [6.45, 7) is 9.99. The number of benzene rings is 3. The fraction of sp³-hybridized carbons (Fsp3) is 0.333. The Hall–Kier alpha value is -3.47. The number of nitrogens with one attached hydrogen (secondary N) is 1. The lowest BCUT2D eigenvalue weighted by molar-refractivity contribution is -0.141. The van der Waals surface area contributed by atoms with Gasteiger partial charge in [0.25, 0.3) is 0 Å². The van der Waals surface area contributed by atoms with Gasteiger partial charge in [0.05, 0.1) is 6.42 Å². The third-order valence-corrected chi connectivity index (χ3v) is 5.67. The van der Waals surface area contributed by atoms with Crippen LogP contribution in [-0.4, -0.2) is 28.3 Å². The van der Waals surface area contributed by atoms with Crippen molar-refractivity contribution in [3.8, 4) is 0 Å². The predicted molar refractivity (Wildman–Crippen MR) is 138 cm³/mol. The molecule has 184 valence electrons. The maximum absolute atomic E-state index is 13.8. The summed E-state index contributed by atoms with van der Waals surface area (Å²) in [7, 11) is 0. The first-order valence-corrected chi connectivity index (χ1v) is 12.0. The Morgan fingerprint density at radius 3 is 2.03 bits per heavy atom. The number of hydrogen-bond donors (Lipinski definition) is 1. The van der Waals surface area contributed by atoms with Crippen molar-refractivity contribution in [3.63, 3.8) is 0 Å². The molecule has 0 saturated heterocycles. The predicted octanol–water partition coefficient (Wildman–Crippen LogP) is 5.54. The molecule has 0 fully saturated rings. The first kappa shape index (κ1) is 26.1. The van der Waals surface area contributed by atoms with Crippen LogP contribution in [0.25, 0.3) is 0 Å². The lowest BCUT2D eigenvalue weighted by atomic mass is 9.99. The van der Waals surface area contributed by atoms with Gasteiger partial charge in [0.15, 0.2) is 0 Å². The van der Waals surface area contributed by atoms with Crippen molar-refractivity contribution in [2.45, 2.75) is 65.6 Å². The highest BCUT2D eigenvalue weighted by molar-refractivity contribution is 5.89. The normalized spacial score (nSPS) is 12.2. The van der Waals surface area contributed by atoms with Gasteiger partial charge in [0.2, 0.25) is 11.8 Å². The van der Waals surface area contributed by atoms with Crippen LogP contribution in [0.1, 0.15) is 48.6 Å². The molecule has 0 saturated carbocycles. The van der Waals surface area contributed by atoms with Crippen molar-refractivity contribution in [2.24, 2.45) is 0 Å². The Balaban J connectivity index is 2.00. The van der Waals surface area contributed by atoms with Crippen molar-refractivity contribution in [3.05, 3.63) is 106 Å². The molecule has 0 heterocycles. The summed E-state index contributed by atoms with van der Waals surface area (Å²) in [5.41, 5.74) is 4.36. The molecule has 0 radical (unpaired) electrons. The van der Waals surface area contributed by atoms with E-state index >= 15 is 0 Å². The van der Waals surface area contributed by atoms with Crippen molar-refractivity contribution >= 4 is 11.8 Å². The molecule has 5 heteroatoms. The molecule has 0 aromatic heterocycles. The van der Waals surface area contributed by atoms with E-state index in [1.165, 1.54) is 12.1 Å². The topological polar surface area (TPSA) is 49.4 Å². The van der Waals surface area contributed by atoms with Crippen LogP contribution in [-0.2, 0) is 29.0 Å². The maximum atomic E-state index is 13.8. The van der Waals surface area contributed by atoms with E-state index in [1.54, 1.807) is 17.0 Å². The van der Waals surface area contributed by atoms with Crippen LogP contribution in [0.15, 0.2) is 72.8 Å². The molecule has 0 aliphatic rings. The highest BCUT2D eigenvalue weighted by Gasteiger charge is 2.32. The average Bonchev–Trinajstić information content (AvgIpc) is 2.76. The molecule has 2 amide bonds. The van der Waals surface area contributed by atoms with Gasteiger partial charge in [-0.05, 0) is 63.4 Å². The van der Waals surface area contributed by atoms with Gasteiger partial charge in [-0.1, -0.05) is 71.8 Å². The maximum Gasteiger partial charge on any atom is 0.243 e. The SMILES string of the molecule is Cc1cc(C)cc(CC(=O)N(Cc2ccc(F)cc2)C(Cc2ccccc2)C(=O)NC(C)(C)C)c1. The minimum Gasteiger partial charge on any atom is -0.350 e. The van der Waals surface area contributed by atoms with Gasteiger partial charge in [-0.25, -0.2) is 4.39 Å². The summed E-state index contributed by atoms with van der Waals surface area (Å²) >= 11 is 0. The van der Waals surface area contributed by atoms with Crippen LogP contribution in [0.4, 0.5) is 4.39 Å². The van der Waals surface area contributed by atoms with Gasteiger partial charge < -0.3 is 10.2 Å². The van der Waals surface area contributed by atoms with E-state index in [0.29, 0.717) is 6.42 Å². The molecule has 1 N–H and O–H groups in total. The van der Waals surface area contributed by atoms with E-state index in [1.807, 2.05) is 77.1 Å². The van der Waals surface area contributed by atoms with Gasteiger partial charge in [-0.2, -0.15) is 0 Å². The van der Waals surface area contributed by atoms with E-state index < -0.39 is 11.6 Å². The Morgan fingerprint density at radius 1 is 0.857 bits per heavy atom. The van der Waals surface area contributed by atoms with Crippen molar-refractivity contribution in [1.29, 1.82) is 0 Å². The van der Waals surface area contributed by atoms with Crippen molar-refractivity contribution < 1.29 is 14.0 Å². The quantitative estimate of drug-likeness (QED) is 0.466. The summed E-state index contributed by atoms with van der Waals surface area (Å²) in [5, 5.41) is 3.06. The van der Waals surface area contributed by atoms with Crippen molar-refractivity contribution in [1.82, 2.24) is 10.2 Å². The van der Waals surface area contributed by atoms with E-state index in [-0.39, 0.29) is 30.6 Å². The van der Waals surface area contributed by atoms with Crippen LogP contribution in [0.3, 0.4) is 0 Å². The lowest BCUT2D eigenvalue weighted by Gasteiger charge is -2.34. The number of aryl methyl sites for hydroxylation is 2. The molecular weight excluding hydrogens is 439 g/mol. The zero-order valence-corrected chi connectivity index (χ0v) is 21.3. The van der Waals surface area contributed by atoms with Gasteiger partial charge in [-0.3, -0.25) is 9.59 Å². The summed E-state index contributed by atoms with van der Waals surface area (Å²) in [6, 6.07) is 21.1. The van der Waals surface area contributed by atoms with Crippen LogP contribution in [0.5, 0.6) is 0 Å². The first-order chi connectivity index (χ1) is 16.5. The smallest absolute Gasteiger partial charge is 0.243 e. The molecule has 1 atom stereocenters. The third kappa shape index (κ3) is 8.06. The lowest BCUT2D eigenvalue weighted by Crippen LogP contribution is -2.54. The summed E-state index contributed by atoms with van der Waals surface area (Å²) in [6.07, 6.45) is 0.556. The van der Waals surface area contributed by atoms with Gasteiger partial charge in [-0.15, -0.1) is 0 Å². The molecule has 4 nitrogen and oxygen atoms in total. The van der Waals surface area contributed by atoms with E-state index in [2.05, 4.69) is 11.4 Å². The molecule has 1 unspecified atom stereocenters. The van der Waals surface area contributed by atoms with Gasteiger partial charge in [0.1, 0.15) is 11.9 Å². The molecule has 3 rings (SSSR count). The van der Waals surface area contributed by atoms with E-state index in [9.17, 15) is 14.0 Å². The van der Waals surface area contributed by atoms with Gasteiger partial charge >= 0.3 is 0 Å². The molecule has 3 aromatic carbocycles. The van der Waals surface area contributed by atoms with E-state index in [4.69, 9.17) is 0 Å². The number of halogens is 1. The zero-order chi connectivity index (χ0) is 25.6. The second kappa shape index (κ2) is 11.3. The second-order valence-electron chi connectivity index (χ2n) is 10.3. The Morgan fingerprint density at radius 2 is 1.46 bits per heavy atom. The molecule has 0 spiro atoms. The number of nitrogens with zero attached hydrogens (tertiary/aromatic N) is 1. The fourth-order valence-corrected chi connectivity index (χ4v) is 4.24. The zero-order valence-electron chi connectivity index (χ0n) is 21.3.